The first-order chi connectivity index (χ1) is 9.03. The second kappa shape index (κ2) is 7.66. The van der Waals surface area contributed by atoms with E-state index in [1.165, 1.54) is 35.1 Å². The summed E-state index contributed by atoms with van der Waals surface area (Å²) < 4.78 is 0. The van der Waals surface area contributed by atoms with Crippen LogP contribution in [0.15, 0.2) is 12.1 Å². The van der Waals surface area contributed by atoms with E-state index < -0.39 is 0 Å². The summed E-state index contributed by atoms with van der Waals surface area (Å²) in [6.07, 6.45) is 2.46. The van der Waals surface area contributed by atoms with Crippen LogP contribution in [-0.2, 0) is 0 Å². The fourth-order valence-corrected chi connectivity index (χ4v) is 2.93. The summed E-state index contributed by atoms with van der Waals surface area (Å²) in [6.45, 7) is 12.8. The second-order valence-corrected chi connectivity index (χ2v) is 5.69. The molecule has 1 unspecified atom stereocenters. The van der Waals surface area contributed by atoms with Crippen molar-refractivity contribution >= 4 is 0 Å². The first-order valence-electron chi connectivity index (χ1n) is 7.54. The lowest BCUT2D eigenvalue weighted by Crippen LogP contribution is -2.33. The highest BCUT2D eigenvalue weighted by Crippen LogP contribution is 2.23. The molecule has 1 rings (SSSR count). The maximum absolute atomic E-state index is 5.99. The minimum Gasteiger partial charge on any atom is -0.329 e. The predicted octanol–water partition coefficient (Wildman–Crippen LogP) is 3.64. The number of rotatable bonds is 7. The van der Waals surface area contributed by atoms with Crippen molar-refractivity contribution in [3.05, 3.63) is 34.4 Å². The molecule has 0 aliphatic carbocycles. The minimum atomic E-state index is 0.279. The molecule has 3 N–H and O–H groups in total. The van der Waals surface area contributed by atoms with Crippen LogP contribution in [0.4, 0.5) is 0 Å². The molecule has 0 amide bonds. The average molecular weight is 262 g/mol. The molecule has 1 aromatic carbocycles. The van der Waals surface area contributed by atoms with Gasteiger partial charge in [0.25, 0.3) is 0 Å². The van der Waals surface area contributed by atoms with Crippen molar-refractivity contribution in [3.63, 3.8) is 0 Å². The van der Waals surface area contributed by atoms with Gasteiger partial charge in [-0.05, 0) is 49.9 Å². The zero-order chi connectivity index (χ0) is 14.4. The van der Waals surface area contributed by atoms with Crippen molar-refractivity contribution in [2.45, 2.75) is 53.5 Å². The zero-order valence-electron chi connectivity index (χ0n) is 13.2. The van der Waals surface area contributed by atoms with Crippen molar-refractivity contribution in [1.29, 1.82) is 0 Å². The van der Waals surface area contributed by atoms with Crippen molar-refractivity contribution < 1.29 is 0 Å². The molecule has 1 aromatic rings. The Hall–Kier alpha value is -0.860. The number of hydrogen-bond acceptors (Lipinski definition) is 2. The summed E-state index contributed by atoms with van der Waals surface area (Å²) >= 11 is 0. The third-order valence-electron chi connectivity index (χ3n) is 4.13. The van der Waals surface area contributed by atoms with Gasteiger partial charge in [0, 0.05) is 12.6 Å². The van der Waals surface area contributed by atoms with Crippen LogP contribution < -0.4 is 11.1 Å². The highest BCUT2D eigenvalue weighted by atomic mass is 14.9. The molecule has 19 heavy (non-hydrogen) atoms. The SMILES string of the molecule is CCC(CC)CNC(CN)c1c(C)cc(C)cc1C. The molecule has 0 radical (unpaired) electrons. The molecular formula is C17H30N2. The van der Waals surface area contributed by atoms with E-state index in [9.17, 15) is 0 Å². The van der Waals surface area contributed by atoms with Gasteiger partial charge < -0.3 is 11.1 Å². The molecule has 2 heteroatoms. The summed E-state index contributed by atoms with van der Waals surface area (Å²) in [4.78, 5) is 0. The molecule has 0 saturated carbocycles. The van der Waals surface area contributed by atoms with Crippen LogP contribution in [0.5, 0.6) is 0 Å². The molecule has 0 bridgehead atoms. The lowest BCUT2D eigenvalue weighted by atomic mass is 9.93. The first-order valence-corrected chi connectivity index (χ1v) is 7.54. The van der Waals surface area contributed by atoms with Gasteiger partial charge in [-0.25, -0.2) is 0 Å². The second-order valence-electron chi connectivity index (χ2n) is 5.69. The molecule has 0 aliphatic heterocycles. The maximum Gasteiger partial charge on any atom is 0.0449 e. The van der Waals surface area contributed by atoms with E-state index >= 15 is 0 Å². The Morgan fingerprint density at radius 2 is 1.58 bits per heavy atom. The van der Waals surface area contributed by atoms with Crippen LogP contribution >= 0.6 is 0 Å². The molecule has 0 aromatic heterocycles. The van der Waals surface area contributed by atoms with Crippen LogP contribution in [0.3, 0.4) is 0 Å². The predicted molar refractivity (Wildman–Crippen MR) is 84.5 cm³/mol. The third-order valence-corrected chi connectivity index (χ3v) is 4.13. The van der Waals surface area contributed by atoms with Gasteiger partial charge in [-0.15, -0.1) is 0 Å². The van der Waals surface area contributed by atoms with E-state index in [4.69, 9.17) is 5.73 Å². The van der Waals surface area contributed by atoms with Gasteiger partial charge in [-0.1, -0.05) is 44.4 Å². The Kier molecular flexibility index (Phi) is 6.53. The monoisotopic (exact) mass is 262 g/mol. The molecule has 1 atom stereocenters. The Morgan fingerprint density at radius 1 is 1.05 bits per heavy atom. The average Bonchev–Trinajstić information content (AvgIpc) is 2.36. The number of aryl methyl sites for hydroxylation is 3. The topological polar surface area (TPSA) is 38.0 Å². The molecule has 2 nitrogen and oxygen atoms in total. The Labute approximate surface area is 118 Å². The van der Waals surface area contributed by atoms with Gasteiger partial charge in [0.15, 0.2) is 0 Å². The molecular weight excluding hydrogens is 232 g/mol. The molecule has 0 saturated heterocycles. The molecule has 0 heterocycles. The summed E-state index contributed by atoms with van der Waals surface area (Å²) in [5.74, 6) is 0.750. The van der Waals surface area contributed by atoms with Crippen molar-refractivity contribution in [2.75, 3.05) is 13.1 Å². The standard InChI is InChI=1S/C17H30N2/c1-6-15(7-2)11-19-16(10-18)17-13(4)8-12(3)9-14(17)5/h8-9,15-16,19H,6-7,10-11,18H2,1-5H3. The molecule has 0 spiro atoms. The van der Waals surface area contributed by atoms with Crippen molar-refractivity contribution in [1.82, 2.24) is 5.32 Å². The Balaban J connectivity index is 2.86. The van der Waals surface area contributed by atoms with Crippen molar-refractivity contribution in [2.24, 2.45) is 11.7 Å². The van der Waals surface area contributed by atoms with Crippen molar-refractivity contribution in [3.8, 4) is 0 Å². The summed E-state index contributed by atoms with van der Waals surface area (Å²) in [7, 11) is 0. The van der Waals surface area contributed by atoms with Crippen LogP contribution in [0.1, 0.15) is 55.0 Å². The number of nitrogens with two attached hydrogens (primary N) is 1. The normalized spacial score (nSPS) is 13.0. The fourth-order valence-electron chi connectivity index (χ4n) is 2.93. The van der Waals surface area contributed by atoms with Gasteiger partial charge >= 0.3 is 0 Å². The number of hydrogen-bond donors (Lipinski definition) is 2. The van der Waals surface area contributed by atoms with E-state index in [1.807, 2.05) is 0 Å². The molecule has 0 aliphatic rings. The van der Waals surface area contributed by atoms with Crippen LogP contribution in [0, 0.1) is 26.7 Å². The van der Waals surface area contributed by atoms with Gasteiger partial charge in [-0.3, -0.25) is 0 Å². The Bertz CT molecular complexity index is 371. The van der Waals surface area contributed by atoms with Gasteiger partial charge in [0.1, 0.15) is 0 Å². The van der Waals surface area contributed by atoms with Crippen LogP contribution in [0.25, 0.3) is 0 Å². The highest BCUT2D eigenvalue weighted by Gasteiger charge is 2.16. The largest absolute Gasteiger partial charge is 0.329 e. The first kappa shape index (κ1) is 16.2. The van der Waals surface area contributed by atoms with E-state index in [0.29, 0.717) is 6.54 Å². The maximum atomic E-state index is 5.99. The van der Waals surface area contributed by atoms with E-state index in [0.717, 1.165) is 12.5 Å². The van der Waals surface area contributed by atoms with E-state index in [2.05, 4.69) is 52.1 Å². The Morgan fingerprint density at radius 3 is 2.00 bits per heavy atom. The summed E-state index contributed by atoms with van der Waals surface area (Å²) in [5, 5.41) is 3.66. The van der Waals surface area contributed by atoms with Gasteiger partial charge in [0.2, 0.25) is 0 Å². The smallest absolute Gasteiger partial charge is 0.0449 e. The zero-order valence-corrected chi connectivity index (χ0v) is 13.2. The quantitative estimate of drug-likeness (QED) is 0.787. The van der Waals surface area contributed by atoms with E-state index in [-0.39, 0.29) is 6.04 Å². The number of nitrogens with one attached hydrogen (secondary N) is 1. The lowest BCUT2D eigenvalue weighted by molar-refractivity contribution is 0.413. The van der Waals surface area contributed by atoms with Crippen LogP contribution in [-0.4, -0.2) is 13.1 Å². The van der Waals surface area contributed by atoms with Crippen LogP contribution in [0.2, 0.25) is 0 Å². The third kappa shape index (κ3) is 4.32. The van der Waals surface area contributed by atoms with E-state index in [1.54, 1.807) is 0 Å². The highest BCUT2D eigenvalue weighted by molar-refractivity contribution is 5.39. The van der Waals surface area contributed by atoms with Gasteiger partial charge in [-0.2, -0.15) is 0 Å². The minimum absolute atomic E-state index is 0.279. The fraction of sp³-hybridized carbons (Fsp3) is 0.647. The number of benzene rings is 1. The van der Waals surface area contributed by atoms with Gasteiger partial charge in [0.05, 0.1) is 0 Å². The molecule has 108 valence electrons. The lowest BCUT2D eigenvalue weighted by Gasteiger charge is -2.24. The summed E-state index contributed by atoms with van der Waals surface area (Å²) in [6, 6.07) is 4.79. The summed E-state index contributed by atoms with van der Waals surface area (Å²) in [5.41, 5.74) is 11.4. The molecule has 0 fully saturated rings.